The summed E-state index contributed by atoms with van der Waals surface area (Å²) in [6.07, 6.45) is 0.344. The Morgan fingerprint density at radius 3 is 2.55 bits per heavy atom. The number of amides is 2. The van der Waals surface area contributed by atoms with Crippen molar-refractivity contribution >= 4 is 74.6 Å². The molecule has 0 radical (unpaired) electrons. The zero-order chi connectivity index (χ0) is 20.8. The Bertz CT molecular complexity index is 1020. The third-order valence-electron chi connectivity index (χ3n) is 3.66. The molecule has 11 heteroatoms. The van der Waals surface area contributed by atoms with Gasteiger partial charge in [-0.3, -0.25) is 9.59 Å². The van der Waals surface area contributed by atoms with Gasteiger partial charge in [0.15, 0.2) is 5.13 Å². The summed E-state index contributed by atoms with van der Waals surface area (Å²) in [5, 5.41) is 10.6. The summed E-state index contributed by atoms with van der Waals surface area (Å²) in [5.74, 6) is 0.344. The van der Waals surface area contributed by atoms with E-state index in [1.165, 1.54) is 22.7 Å². The molecular weight excluding hydrogens is 471 g/mol. The first-order valence-corrected chi connectivity index (χ1v) is 11.9. The highest BCUT2D eigenvalue weighted by Crippen LogP contribution is 2.30. The van der Waals surface area contributed by atoms with Crippen LogP contribution in [0.2, 0.25) is 10.0 Å². The van der Waals surface area contributed by atoms with Crippen LogP contribution in [0.5, 0.6) is 0 Å². The molecule has 2 aromatic heterocycles. The summed E-state index contributed by atoms with van der Waals surface area (Å²) < 4.78 is 0.862. The zero-order valence-electron chi connectivity index (χ0n) is 15.2. The summed E-state index contributed by atoms with van der Waals surface area (Å²) in [5.41, 5.74) is 2.30. The molecule has 152 valence electrons. The van der Waals surface area contributed by atoms with E-state index < -0.39 is 0 Å². The van der Waals surface area contributed by atoms with Crippen LogP contribution in [0, 0.1) is 0 Å². The molecule has 0 atom stereocenters. The topological polar surface area (TPSA) is 84.0 Å². The number of nitrogens with one attached hydrogen (secondary N) is 2. The van der Waals surface area contributed by atoms with E-state index in [1.54, 1.807) is 36.3 Å². The lowest BCUT2D eigenvalue weighted by molar-refractivity contribution is -0.120. The van der Waals surface area contributed by atoms with Crippen LogP contribution in [-0.4, -0.2) is 28.8 Å². The van der Waals surface area contributed by atoms with Gasteiger partial charge in [-0.25, -0.2) is 9.97 Å². The molecule has 3 rings (SSSR count). The van der Waals surface area contributed by atoms with E-state index in [0.29, 0.717) is 32.3 Å². The lowest BCUT2D eigenvalue weighted by Crippen LogP contribution is -2.20. The Labute approximate surface area is 190 Å². The minimum atomic E-state index is -0.201. The molecule has 29 heavy (non-hydrogen) atoms. The van der Waals surface area contributed by atoms with Gasteiger partial charge < -0.3 is 10.6 Å². The lowest BCUT2D eigenvalue weighted by Gasteiger charge is -2.02. The Morgan fingerprint density at radius 2 is 1.79 bits per heavy atom. The van der Waals surface area contributed by atoms with Gasteiger partial charge in [-0.15, -0.1) is 22.7 Å². The molecular formula is C18H16Cl2N4O2S3. The fourth-order valence-electron chi connectivity index (χ4n) is 2.24. The molecule has 0 spiro atoms. The number of rotatable bonds is 8. The number of likely N-dealkylation sites (N-methyl/N-ethyl adjacent to an activating group) is 1. The highest BCUT2D eigenvalue weighted by molar-refractivity contribution is 8.00. The van der Waals surface area contributed by atoms with Gasteiger partial charge in [-0.05, 0) is 17.7 Å². The fraction of sp³-hybridized carbons (Fsp3) is 0.222. The largest absolute Gasteiger partial charge is 0.359 e. The molecule has 2 N–H and O–H groups in total. The van der Waals surface area contributed by atoms with Gasteiger partial charge >= 0.3 is 0 Å². The van der Waals surface area contributed by atoms with Gasteiger partial charge in [0.05, 0.1) is 24.2 Å². The maximum absolute atomic E-state index is 12.2. The molecule has 2 heterocycles. The van der Waals surface area contributed by atoms with E-state index >= 15 is 0 Å². The van der Waals surface area contributed by atoms with Crippen molar-refractivity contribution in [1.82, 2.24) is 15.3 Å². The van der Waals surface area contributed by atoms with Crippen LogP contribution in [0.1, 0.15) is 17.0 Å². The van der Waals surface area contributed by atoms with E-state index in [2.05, 4.69) is 20.6 Å². The minimum absolute atomic E-state index is 0.124. The third kappa shape index (κ3) is 6.68. The van der Waals surface area contributed by atoms with Gasteiger partial charge in [0.2, 0.25) is 11.8 Å². The number of carbonyl (C=O) groups is 2. The molecule has 6 nitrogen and oxygen atoms in total. The number of nitrogens with zero attached hydrogens (tertiary/aromatic N) is 2. The molecule has 0 saturated carbocycles. The number of hydrogen-bond acceptors (Lipinski definition) is 7. The molecule has 1 aromatic carbocycles. The first-order valence-electron chi connectivity index (χ1n) is 8.39. The standard InChI is InChI=1S/C18H16Cl2N4O2S3/c1-21-15(25)5-12-8-27-17(22-12)24-16(26)6-13-9-29-18(23-13)28-7-10-2-3-11(19)4-14(10)20/h2-4,8-9H,5-7H2,1H3,(H,21,25)(H,22,24,26). The van der Waals surface area contributed by atoms with Crippen molar-refractivity contribution < 1.29 is 9.59 Å². The van der Waals surface area contributed by atoms with Crippen LogP contribution in [0.25, 0.3) is 0 Å². The molecule has 0 saturated heterocycles. The van der Waals surface area contributed by atoms with E-state index in [9.17, 15) is 9.59 Å². The van der Waals surface area contributed by atoms with Crippen molar-refractivity contribution in [2.75, 3.05) is 12.4 Å². The van der Waals surface area contributed by atoms with Crippen molar-refractivity contribution in [2.24, 2.45) is 0 Å². The van der Waals surface area contributed by atoms with E-state index in [0.717, 1.165) is 9.90 Å². The number of anilines is 1. The Kier molecular flexibility index (Phi) is 7.91. The zero-order valence-corrected chi connectivity index (χ0v) is 19.2. The number of thiazole rings is 2. The van der Waals surface area contributed by atoms with Crippen molar-refractivity contribution in [3.63, 3.8) is 0 Å². The van der Waals surface area contributed by atoms with E-state index in [1.807, 2.05) is 11.4 Å². The van der Waals surface area contributed by atoms with Gasteiger partial charge in [0.1, 0.15) is 4.34 Å². The summed E-state index contributed by atoms with van der Waals surface area (Å²) in [6, 6.07) is 5.42. The predicted octanol–water partition coefficient (Wildman–Crippen LogP) is 4.67. The lowest BCUT2D eigenvalue weighted by atomic mass is 10.2. The van der Waals surface area contributed by atoms with Crippen molar-refractivity contribution in [3.05, 3.63) is 56.0 Å². The first kappa shape index (κ1) is 22.0. The van der Waals surface area contributed by atoms with Crippen LogP contribution in [0.4, 0.5) is 5.13 Å². The molecule has 0 aliphatic rings. The number of carbonyl (C=O) groups excluding carboxylic acids is 2. The Morgan fingerprint density at radius 1 is 1.07 bits per heavy atom. The maximum Gasteiger partial charge on any atom is 0.232 e. The van der Waals surface area contributed by atoms with E-state index in [-0.39, 0.29) is 24.7 Å². The molecule has 3 aromatic rings. The molecule has 0 bridgehead atoms. The second-order valence-electron chi connectivity index (χ2n) is 5.85. The molecule has 0 aliphatic carbocycles. The minimum Gasteiger partial charge on any atom is -0.359 e. The average molecular weight is 487 g/mol. The van der Waals surface area contributed by atoms with Crippen LogP contribution >= 0.6 is 57.6 Å². The van der Waals surface area contributed by atoms with Crippen molar-refractivity contribution in [2.45, 2.75) is 22.9 Å². The van der Waals surface area contributed by atoms with Crippen LogP contribution in [-0.2, 0) is 28.2 Å². The van der Waals surface area contributed by atoms with Crippen LogP contribution < -0.4 is 10.6 Å². The SMILES string of the molecule is CNC(=O)Cc1csc(NC(=O)Cc2csc(SCc3ccc(Cl)cc3Cl)n2)n1. The number of halogens is 2. The summed E-state index contributed by atoms with van der Waals surface area (Å²) in [7, 11) is 1.57. The van der Waals surface area contributed by atoms with Gasteiger partial charge in [0.25, 0.3) is 0 Å². The number of hydrogen-bond donors (Lipinski definition) is 2. The normalized spacial score (nSPS) is 10.7. The first-order chi connectivity index (χ1) is 13.9. The van der Waals surface area contributed by atoms with Gasteiger partial charge in [-0.1, -0.05) is 41.0 Å². The molecule has 0 unspecified atom stereocenters. The van der Waals surface area contributed by atoms with Gasteiger partial charge in [0, 0.05) is 33.6 Å². The average Bonchev–Trinajstić information content (AvgIpc) is 3.30. The molecule has 0 fully saturated rings. The smallest absolute Gasteiger partial charge is 0.232 e. The van der Waals surface area contributed by atoms with Crippen LogP contribution in [0.15, 0.2) is 33.3 Å². The number of aromatic nitrogens is 2. The van der Waals surface area contributed by atoms with Crippen molar-refractivity contribution in [3.8, 4) is 0 Å². The fourth-order valence-corrected chi connectivity index (χ4v) is 5.37. The Balaban J connectivity index is 1.50. The molecule has 2 amide bonds. The summed E-state index contributed by atoms with van der Waals surface area (Å²) >= 11 is 16.4. The quantitative estimate of drug-likeness (QED) is 0.452. The van der Waals surface area contributed by atoms with Gasteiger partial charge in [-0.2, -0.15) is 0 Å². The molecule has 0 aliphatic heterocycles. The van der Waals surface area contributed by atoms with E-state index in [4.69, 9.17) is 23.2 Å². The maximum atomic E-state index is 12.2. The number of benzene rings is 1. The second kappa shape index (κ2) is 10.4. The Hall–Kier alpha value is -1.65. The van der Waals surface area contributed by atoms with Crippen LogP contribution in [0.3, 0.4) is 0 Å². The highest BCUT2D eigenvalue weighted by Gasteiger charge is 2.12. The van der Waals surface area contributed by atoms with Crippen molar-refractivity contribution in [1.29, 1.82) is 0 Å². The second-order valence-corrected chi connectivity index (χ2v) is 9.63. The third-order valence-corrected chi connectivity index (χ3v) is 7.17. The highest BCUT2D eigenvalue weighted by atomic mass is 35.5. The summed E-state index contributed by atoms with van der Waals surface area (Å²) in [4.78, 5) is 32.4. The summed E-state index contributed by atoms with van der Waals surface area (Å²) in [6.45, 7) is 0. The monoisotopic (exact) mass is 486 g/mol. The predicted molar refractivity (Wildman–Crippen MR) is 120 cm³/mol. The number of thioether (sulfide) groups is 1.